The van der Waals surface area contributed by atoms with Crippen LogP contribution >= 0.6 is 0 Å². The van der Waals surface area contributed by atoms with Gasteiger partial charge < -0.3 is 15.0 Å². The minimum absolute atomic E-state index is 0.206. The van der Waals surface area contributed by atoms with Gasteiger partial charge in [-0.2, -0.15) is 5.10 Å². The van der Waals surface area contributed by atoms with Crippen molar-refractivity contribution in [2.24, 2.45) is 7.05 Å². The summed E-state index contributed by atoms with van der Waals surface area (Å²) in [6.07, 6.45) is 4.81. The van der Waals surface area contributed by atoms with Gasteiger partial charge in [-0.05, 0) is 26.2 Å². The van der Waals surface area contributed by atoms with Gasteiger partial charge in [-0.15, -0.1) is 0 Å². The topological polar surface area (TPSA) is 100 Å². The molecule has 0 bridgehead atoms. The minimum Gasteiger partial charge on any atom is -0.462 e. The summed E-state index contributed by atoms with van der Waals surface area (Å²) in [7, 11) is 1.66. The number of carbonyl (C=O) groups excluding carboxylic acids is 3. The summed E-state index contributed by atoms with van der Waals surface area (Å²) in [6, 6.07) is 0. The molecule has 30 heavy (non-hydrogen) atoms. The number of nitrogens with zero attached hydrogens (tertiary/aromatic N) is 5. The molecule has 10 heteroatoms. The second-order valence-corrected chi connectivity index (χ2v) is 7.79. The highest BCUT2D eigenvalue weighted by Gasteiger charge is 2.25. The van der Waals surface area contributed by atoms with Gasteiger partial charge >= 0.3 is 5.97 Å². The Morgan fingerprint density at radius 2 is 1.63 bits per heavy atom. The highest BCUT2D eigenvalue weighted by atomic mass is 16.5. The molecule has 166 valence electrons. The fourth-order valence-corrected chi connectivity index (χ4v) is 3.86. The molecule has 2 fully saturated rings. The number of carbonyl (C=O) groups is 3. The van der Waals surface area contributed by atoms with E-state index in [0.29, 0.717) is 12.4 Å². The molecule has 0 atom stereocenters. The van der Waals surface area contributed by atoms with Gasteiger partial charge in [0.05, 0.1) is 25.9 Å². The lowest BCUT2D eigenvalue weighted by atomic mass is 10.1. The maximum Gasteiger partial charge on any atom is 0.343 e. The first kappa shape index (κ1) is 22.2. The number of nitrogens with one attached hydrogen (secondary N) is 1. The molecule has 1 aromatic heterocycles. The molecule has 0 saturated carbocycles. The number of ether oxygens (including phenoxy) is 1. The third-order valence-electron chi connectivity index (χ3n) is 5.59. The van der Waals surface area contributed by atoms with E-state index in [2.05, 4.69) is 20.2 Å². The average Bonchev–Trinajstić information content (AvgIpc) is 3.10. The number of hydrogen-bond donors (Lipinski definition) is 1. The molecule has 2 amide bonds. The number of esters is 1. The summed E-state index contributed by atoms with van der Waals surface area (Å²) in [5, 5.41) is 6.82. The van der Waals surface area contributed by atoms with Crippen LogP contribution in [0.4, 0.5) is 5.82 Å². The van der Waals surface area contributed by atoms with Crippen molar-refractivity contribution in [1.82, 2.24) is 24.5 Å². The summed E-state index contributed by atoms with van der Waals surface area (Å²) in [5.74, 6) is -0.164. The molecular formula is C20H32N6O4. The summed E-state index contributed by atoms with van der Waals surface area (Å²) < 4.78 is 6.46. The quantitative estimate of drug-likeness (QED) is 0.628. The lowest BCUT2D eigenvalue weighted by Crippen LogP contribution is -2.51. The molecule has 3 heterocycles. The van der Waals surface area contributed by atoms with E-state index < -0.39 is 5.97 Å². The number of hydrogen-bond acceptors (Lipinski definition) is 7. The molecule has 0 unspecified atom stereocenters. The molecule has 2 saturated heterocycles. The largest absolute Gasteiger partial charge is 0.462 e. The highest BCUT2D eigenvalue weighted by Crippen LogP contribution is 2.16. The van der Waals surface area contributed by atoms with Crippen LogP contribution in [0, 0.1) is 0 Å². The zero-order valence-electron chi connectivity index (χ0n) is 17.9. The number of aromatic nitrogens is 2. The van der Waals surface area contributed by atoms with Crippen molar-refractivity contribution in [1.29, 1.82) is 0 Å². The van der Waals surface area contributed by atoms with Crippen LogP contribution in [0.25, 0.3) is 0 Å². The number of rotatable bonds is 7. The number of amides is 2. The zero-order chi connectivity index (χ0) is 21.5. The van der Waals surface area contributed by atoms with Gasteiger partial charge in [-0.3, -0.25) is 24.1 Å². The van der Waals surface area contributed by atoms with Gasteiger partial charge in [0.1, 0.15) is 11.4 Å². The Labute approximate surface area is 177 Å². The predicted molar refractivity (Wildman–Crippen MR) is 111 cm³/mol. The molecule has 10 nitrogen and oxygen atoms in total. The van der Waals surface area contributed by atoms with Crippen LogP contribution in [0.15, 0.2) is 6.20 Å². The van der Waals surface area contributed by atoms with Crippen molar-refractivity contribution in [3.63, 3.8) is 0 Å². The normalized spacial score (nSPS) is 18.3. The van der Waals surface area contributed by atoms with E-state index in [0.717, 1.165) is 52.1 Å². The molecule has 2 aliphatic heterocycles. The Kier molecular flexibility index (Phi) is 7.81. The fourth-order valence-electron chi connectivity index (χ4n) is 3.86. The van der Waals surface area contributed by atoms with Crippen LogP contribution in [0.1, 0.15) is 36.5 Å². The fraction of sp³-hybridized carbons (Fsp3) is 0.700. The smallest absolute Gasteiger partial charge is 0.343 e. The first-order valence-corrected chi connectivity index (χ1v) is 10.7. The van der Waals surface area contributed by atoms with E-state index in [9.17, 15) is 14.4 Å². The molecule has 2 aliphatic rings. The Morgan fingerprint density at radius 3 is 2.27 bits per heavy atom. The second kappa shape index (κ2) is 10.5. The minimum atomic E-state index is -0.507. The van der Waals surface area contributed by atoms with Crippen LogP contribution in [0.2, 0.25) is 0 Å². The Morgan fingerprint density at radius 1 is 1.00 bits per heavy atom. The molecule has 0 aliphatic carbocycles. The summed E-state index contributed by atoms with van der Waals surface area (Å²) in [4.78, 5) is 43.1. The van der Waals surface area contributed by atoms with E-state index >= 15 is 0 Å². The number of likely N-dealkylation sites (tertiary alicyclic amines) is 1. The zero-order valence-corrected chi connectivity index (χ0v) is 17.9. The first-order chi connectivity index (χ1) is 14.5. The maximum atomic E-state index is 12.5. The average molecular weight is 421 g/mol. The van der Waals surface area contributed by atoms with E-state index in [-0.39, 0.29) is 30.5 Å². The van der Waals surface area contributed by atoms with E-state index in [1.807, 2.05) is 4.90 Å². The third-order valence-corrected chi connectivity index (χ3v) is 5.59. The van der Waals surface area contributed by atoms with Gasteiger partial charge in [0, 0.05) is 46.3 Å². The molecule has 0 radical (unpaired) electrons. The lowest BCUT2D eigenvalue weighted by Gasteiger charge is -2.35. The van der Waals surface area contributed by atoms with Crippen molar-refractivity contribution in [2.45, 2.75) is 26.2 Å². The molecular weight excluding hydrogens is 388 g/mol. The summed E-state index contributed by atoms with van der Waals surface area (Å²) >= 11 is 0. The third kappa shape index (κ3) is 5.79. The number of anilines is 1. The maximum absolute atomic E-state index is 12.5. The van der Waals surface area contributed by atoms with Crippen LogP contribution in [0.5, 0.6) is 0 Å². The van der Waals surface area contributed by atoms with Gasteiger partial charge in [0.15, 0.2) is 0 Å². The van der Waals surface area contributed by atoms with E-state index in [4.69, 9.17) is 4.74 Å². The van der Waals surface area contributed by atoms with Crippen LogP contribution in [-0.2, 0) is 21.4 Å². The summed E-state index contributed by atoms with van der Waals surface area (Å²) in [5.41, 5.74) is 0.244. The van der Waals surface area contributed by atoms with E-state index in [1.54, 1.807) is 14.0 Å². The van der Waals surface area contributed by atoms with Crippen molar-refractivity contribution in [3.8, 4) is 0 Å². The first-order valence-electron chi connectivity index (χ1n) is 10.7. The predicted octanol–water partition coefficient (Wildman–Crippen LogP) is 0.165. The lowest BCUT2D eigenvalue weighted by molar-refractivity contribution is -0.134. The molecule has 3 rings (SSSR count). The van der Waals surface area contributed by atoms with Crippen LogP contribution in [0.3, 0.4) is 0 Å². The molecule has 0 spiro atoms. The summed E-state index contributed by atoms with van der Waals surface area (Å²) in [6.45, 7) is 7.37. The van der Waals surface area contributed by atoms with Gasteiger partial charge in [0.25, 0.3) is 0 Å². The van der Waals surface area contributed by atoms with Gasteiger partial charge in [0.2, 0.25) is 11.8 Å². The number of aryl methyl sites for hydroxylation is 1. The van der Waals surface area contributed by atoms with Gasteiger partial charge in [-0.25, -0.2) is 4.79 Å². The number of piperazine rings is 1. The van der Waals surface area contributed by atoms with Crippen molar-refractivity contribution >= 4 is 23.6 Å². The van der Waals surface area contributed by atoms with Crippen molar-refractivity contribution in [3.05, 3.63) is 11.8 Å². The van der Waals surface area contributed by atoms with Gasteiger partial charge in [-0.1, -0.05) is 0 Å². The van der Waals surface area contributed by atoms with Crippen molar-refractivity contribution < 1.29 is 19.1 Å². The molecule has 0 aromatic carbocycles. The van der Waals surface area contributed by atoms with E-state index in [1.165, 1.54) is 17.3 Å². The standard InChI is InChI=1S/C20H32N6O4/c1-3-30-20(29)16-13-21-23(2)19(16)22-17(27)14-24-9-11-25(12-10-24)15-18(28)26-7-5-4-6-8-26/h13H,3-12,14-15H2,1-2H3,(H,22,27). The monoisotopic (exact) mass is 420 g/mol. The SMILES string of the molecule is CCOC(=O)c1cnn(C)c1NC(=O)CN1CCN(CC(=O)N2CCCCC2)CC1. The number of piperidine rings is 1. The molecule has 1 N–H and O–H groups in total. The second-order valence-electron chi connectivity index (χ2n) is 7.79. The highest BCUT2D eigenvalue weighted by molar-refractivity contribution is 6.00. The van der Waals surface area contributed by atoms with Crippen LogP contribution < -0.4 is 5.32 Å². The Bertz CT molecular complexity index is 750. The Hall–Kier alpha value is -2.46. The Balaban J connectivity index is 1.44. The van der Waals surface area contributed by atoms with Crippen LogP contribution in [-0.4, -0.2) is 101 Å². The van der Waals surface area contributed by atoms with Crippen molar-refractivity contribution in [2.75, 3.05) is 64.3 Å². The molecule has 1 aromatic rings.